The van der Waals surface area contributed by atoms with Crippen LogP contribution in [0.2, 0.25) is 0 Å². The van der Waals surface area contributed by atoms with Gasteiger partial charge in [0.2, 0.25) is 0 Å². The molecule has 1 fully saturated rings. The molecule has 0 radical (unpaired) electrons. The van der Waals surface area contributed by atoms with Crippen LogP contribution in [0.15, 0.2) is 12.3 Å². The second-order valence-corrected chi connectivity index (χ2v) is 6.88. The standard InChI is InChI=1S/C9H15BIN2O2P/c1-8(2)9(3,4)15-10(14-8)7-5-6-12-13(7)16-11/h5-6,16H,1-4H3. The van der Waals surface area contributed by atoms with Gasteiger partial charge in [0.25, 0.3) is 0 Å². The molecule has 0 saturated carbocycles. The van der Waals surface area contributed by atoms with E-state index in [1.54, 1.807) is 6.20 Å². The molecular formula is C9H15BIN2O2P. The van der Waals surface area contributed by atoms with Gasteiger partial charge in [-0.1, -0.05) is 0 Å². The van der Waals surface area contributed by atoms with E-state index in [0.29, 0.717) is 6.37 Å². The van der Waals surface area contributed by atoms with Crippen molar-refractivity contribution < 1.29 is 9.31 Å². The highest BCUT2D eigenvalue weighted by molar-refractivity contribution is 14.2. The summed E-state index contributed by atoms with van der Waals surface area (Å²) in [7, 11) is -0.310. The zero-order chi connectivity index (χ0) is 12.0. The molecule has 2 heterocycles. The van der Waals surface area contributed by atoms with Crippen LogP contribution in [-0.2, 0) is 9.31 Å². The molecule has 2 rings (SSSR count). The summed E-state index contributed by atoms with van der Waals surface area (Å²) < 4.78 is 13.9. The molecule has 1 aromatic rings. The first-order chi connectivity index (χ1) is 7.37. The van der Waals surface area contributed by atoms with Crippen molar-refractivity contribution in [3.05, 3.63) is 12.3 Å². The van der Waals surface area contributed by atoms with Gasteiger partial charge in [-0.2, -0.15) is 5.10 Å². The highest BCUT2D eigenvalue weighted by Gasteiger charge is 2.52. The molecule has 0 aliphatic carbocycles. The first-order valence-corrected chi connectivity index (χ1v) is 9.20. The minimum atomic E-state index is -0.310. The average molecular weight is 352 g/mol. The Morgan fingerprint density at radius 2 is 1.88 bits per heavy atom. The third-order valence-electron chi connectivity index (χ3n) is 3.25. The summed E-state index contributed by atoms with van der Waals surface area (Å²) in [6.07, 6.45) is 2.34. The monoisotopic (exact) mass is 352 g/mol. The normalized spacial score (nSPS) is 23.4. The zero-order valence-corrected chi connectivity index (χ0v) is 13.0. The SMILES string of the molecule is CC1(C)OB(c2ccnn2PI)OC1(C)C. The van der Waals surface area contributed by atoms with Crippen LogP contribution in [0.3, 0.4) is 0 Å². The highest BCUT2D eigenvalue weighted by Crippen LogP contribution is 2.36. The molecule has 0 spiro atoms. The third-order valence-corrected chi connectivity index (χ3v) is 5.15. The molecule has 1 aliphatic rings. The first-order valence-electron chi connectivity index (χ1n) is 5.13. The third kappa shape index (κ3) is 2.05. The van der Waals surface area contributed by atoms with E-state index >= 15 is 0 Å². The van der Waals surface area contributed by atoms with Crippen molar-refractivity contribution in [2.75, 3.05) is 0 Å². The maximum Gasteiger partial charge on any atom is 0.514 e. The van der Waals surface area contributed by atoms with E-state index in [0.717, 1.165) is 5.59 Å². The van der Waals surface area contributed by atoms with E-state index in [2.05, 4.69) is 54.8 Å². The Morgan fingerprint density at radius 3 is 2.38 bits per heavy atom. The molecule has 16 heavy (non-hydrogen) atoms. The van der Waals surface area contributed by atoms with Gasteiger partial charge >= 0.3 is 7.12 Å². The van der Waals surface area contributed by atoms with Crippen molar-refractivity contribution >= 4 is 41.1 Å². The number of rotatable bonds is 2. The summed E-state index contributed by atoms with van der Waals surface area (Å²) in [6, 6.07) is 1.95. The van der Waals surface area contributed by atoms with Gasteiger partial charge < -0.3 is 9.31 Å². The Hall–Kier alpha value is 0.355. The fourth-order valence-corrected chi connectivity index (χ4v) is 3.12. The van der Waals surface area contributed by atoms with Crippen molar-refractivity contribution in [1.29, 1.82) is 0 Å². The van der Waals surface area contributed by atoms with Gasteiger partial charge in [-0.05, 0) is 55.8 Å². The summed E-state index contributed by atoms with van der Waals surface area (Å²) in [4.78, 5) is 0. The summed E-state index contributed by atoms with van der Waals surface area (Å²) in [5.41, 5.74) is 0.411. The fraction of sp³-hybridized carbons (Fsp3) is 0.667. The molecule has 0 amide bonds. The molecule has 88 valence electrons. The molecule has 1 saturated heterocycles. The van der Waals surface area contributed by atoms with Crippen LogP contribution in [0.5, 0.6) is 0 Å². The van der Waals surface area contributed by atoms with Gasteiger partial charge in [-0.15, -0.1) is 0 Å². The Labute approximate surface area is 111 Å². The van der Waals surface area contributed by atoms with Gasteiger partial charge in [-0.3, -0.25) is 0 Å². The fourth-order valence-electron chi connectivity index (χ4n) is 1.53. The van der Waals surface area contributed by atoms with Crippen molar-refractivity contribution in [3.8, 4) is 0 Å². The van der Waals surface area contributed by atoms with Crippen molar-refractivity contribution in [3.63, 3.8) is 0 Å². The van der Waals surface area contributed by atoms with Crippen LogP contribution in [0.25, 0.3) is 0 Å². The second-order valence-electron chi connectivity index (χ2n) is 4.84. The van der Waals surface area contributed by atoms with Crippen LogP contribution < -0.4 is 5.59 Å². The van der Waals surface area contributed by atoms with Crippen LogP contribution in [0.4, 0.5) is 0 Å². The molecular weight excluding hydrogens is 337 g/mol. The Bertz CT molecular complexity index is 381. The van der Waals surface area contributed by atoms with Crippen LogP contribution in [0.1, 0.15) is 27.7 Å². The maximum absolute atomic E-state index is 5.97. The lowest BCUT2D eigenvalue weighted by Crippen LogP contribution is -2.41. The van der Waals surface area contributed by atoms with E-state index in [4.69, 9.17) is 9.31 Å². The molecule has 0 aromatic carbocycles. The minimum Gasteiger partial charge on any atom is -0.398 e. The summed E-state index contributed by atoms with van der Waals surface area (Å²) >= 11 is 2.30. The van der Waals surface area contributed by atoms with Crippen LogP contribution in [0, 0.1) is 0 Å². The Kier molecular flexibility index (Phi) is 3.38. The summed E-state index contributed by atoms with van der Waals surface area (Å²) in [6.45, 7) is 8.22. The predicted molar refractivity (Wildman–Crippen MR) is 75.7 cm³/mol. The van der Waals surface area contributed by atoms with E-state index in [1.165, 1.54) is 0 Å². The Balaban J connectivity index is 2.27. The number of hydrogen-bond acceptors (Lipinski definition) is 3. The number of hydrogen-bond donors (Lipinski definition) is 0. The molecule has 0 N–H and O–H groups in total. The van der Waals surface area contributed by atoms with E-state index in [1.807, 2.05) is 10.5 Å². The molecule has 0 bridgehead atoms. The lowest BCUT2D eigenvalue weighted by Gasteiger charge is -2.32. The van der Waals surface area contributed by atoms with E-state index < -0.39 is 0 Å². The quantitative estimate of drug-likeness (QED) is 0.464. The first kappa shape index (κ1) is 12.8. The molecule has 4 nitrogen and oxygen atoms in total. The maximum atomic E-state index is 5.97. The molecule has 1 atom stereocenters. The number of nitrogens with zero attached hydrogens (tertiary/aromatic N) is 2. The van der Waals surface area contributed by atoms with E-state index in [-0.39, 0.29) is 18.3 Å². The summed E-state index contributed by atoms with van der Waals surface area (Å²) in [5, 5.41) is 4.24. The lowest BCUT2D eigenvalue weighted by molar-refractivity contribution is 0.00578. The highest BCUT2D eigenvalue weighted by atomic mass is 127. The molecule has 1 aromatic heterocycles. The van der Waals surface area contributed by atoms with E-state index in [9.17, 15) is 0 Å². The lowest BCUT2D eigenvalue weighted by atomic mass is 9.85. The summed E-state index contributed by atoms with van der Waals surface area (Å²) in [5.74, 6) is 0. The van der Waals surface area contributed by atoms with Gasteiger partial charge in [0.1, 0.15) is 0 Å². The molecule has 1 aliphatic heterocycles. The van der Waals surface area contributed by atoms with Crippen molar-refractivity contribution in [2.45, 2.75) is 38.9 Å². The molecule has 7 heteroatoms. The number of aromatic nitrogens is 2. The van der Waals surface area contributed by atoms with Gasteiger partial charge in [-0.25, -0.2) is 4.45 Å². The predicted octanol–water partition coefficient (Wildman–Crippen LogP) is 1.97. The average Bonchev–Trinajstić information content (AvgIpc) is 2.69. The second kappa shape index (κ2) is 4.23. The molecule has 1 unspecified atom stereocenters. The topological polar surface area (TPSA) is 36.3 Å². The van der Waals surface area contributed by atoms with Crippen molar-refractivity contribution in [1.82, 2.24) is 9.55 Å². The van der Waals surface area contributed by atoms with Crippen LogP contribution >= 0.6 is 28.4 Å². The van der Waals surface area contributed by atoms with Gasteiger partial charge in [0, 0.05) is 6.20 Å². The Morgan fingerprint density at radius 1 is 1.31 bits per heavy atom. The van der Waals surface area contributed by atoms with Crippen molar-refractivity contribution in [2.24, 2.45) is 0 Å². The largest absolute Gasteiger partial charge is 0.514 e. The van der Waals surface area contributed by atoms with Gasteiger partial charge in [0.05, 0.1) is 23.2 Å². The van der Waals surface area contributed by atoms with Gasteiger partial charge in [0.15, 0.2) is 0 Å². The number of halogens is 1. The zero-order valence-electron chi connectivity index (χ0n) is 9.82. The van der Waals surface area contributed by atoms with Crippen LogP contribution in [-0.4, -0.2) is 27.9 Å². The smallest absolute Gasteiger partial charge is 0.398 e. The minimum absolute atomic E-state index is 0.291.